The van der Waals surface area contributed by atoms with E-state index >= 15 is 0 Å². The van der Waals surface area contributed by atoms with Crippen LogP contribution in [0.15, 0.2) is 30.3 Å². The molecule has 0 spiro atoms. The fraction of sp³-hybridized carbons (Fsp3) is 0.435. The van der Waals surface area contributed by atoms with Crippen LogP contribution in [0.2, 0.25) is 0 Å². The summed E-state index contributed by atoms with van der Waals surface area (Å²) >= 11 is 0. The molecule has 2 N–H and O–H groups in total. The van der Waals surface area contributed by atoms with Crippen molar-refractivity contribution in [3.8, 4) is 23.7 Å². The van der Waals surface area contributed by atoms with Gasteiger partial charge in [-0.3, -0.25) is 14.9 Å². The summed E-state index contributed by atoms with van der Waals surface area (Å²) in [7, 11) is -2.10. The zero-order chi connectivity index (χ0) is 22.9. The van der Waals surface area contributed by atoms with Crippen molar-refractivity contribution in [2.75, 3.05) is 39.6 Å². The van der Waals surface area contributed by atoms with Crippen LogP contribution in [0.25, 0.3) is 5.57 Å². The minimum Gasteiger partial charge on any atom is -0.372 e. The highest BCUT2D eigenvalue weighted by Crippen LogP contribution is 2.25. The van der Waals surface area contributed by atoms with Gasteiger partial charge in [-0.2, -0.15) is 0 Å². The Balaban J connectivity index is 1.97. The first-order valence-electron chi connectivity index (χ1n) is 9.85. The summed E-state index contributed by atoms with van der Waals surface area (Å²) < 4.78 is 27.3. The molecule has 1 aliphatic heterocycles. The molecule has 1 aromatic carbocycles. The Hall–Kier alpha value is -2.62. The summed E-state index contributed by atoms with van der Waals surface area (Å²) in [6.07, 6.45) is 4.04. The Morgan fingerprint density at radius 3 is 2.55 bits per heavy atom. The van der Waals surface area contributed by atoms with Gasteiger partial charge in [-0.15, -0.1) is 0 Å². The van der Waals surface area contributed by atoms with Gasteiger partial charge in [-0.25, -0.2) is 13.9 Å². The van der Waals surface area contributed by atoms with Crippen molar-refractivity contribution in [3.63, 3.8) is 0 Å². The standard InChI is InChI=1S/C23H28N2O5S/c1-23(22(26)24-27,31(3,28)29)14-17-25-15-12-21(13-16-25)20-10-8-19(9-11-20)7-5-4-6-18-30-2/h8-12,27H,13-18H2,1-3H3,(H,24,26). The number of ether oxygens (including phenoxy) is 1. The van der Waals surface area contributed by atoms with Crippen LogP contribution in [0.4, 0.5) is 0 Å². The van der Waals surface area contributed by atoms with Crippen molar-refractivity contribution in [2.45, 2.75) is 24.5 Å². The van der Waals surface area contributed by atoms with E-state index in [0.29, 0.717) is 19.7 Å². The van der Waals surface area contributed by atoms with Gasteiger partial charge in [-0.1, -0.05) is 30.0 Å². The lowest BCUT2D eigenvalue weighted by molar-refractivity contribution is -0.131. The van der Waals surface area contributed by atoms with Crippen LogP contribution in [0.5, 0.6) is 0 Å². The summed E-state index contributed by atoms with van der Waals surface area (Å²) in [5.41, 5.74) is 4.71. The minimum absolute atomic E-state index is 0.0992. The van der Waals surface area contributed by atoms with E-state index < -0.39 is 20.5 Å². The van der Waals surface area contributed by atoms with Gasteiger partial charge in [-0.05, 0) is 54.9 Å². The fourth-order valence-electron chi connectivity index (χ4n) is 3.16. The van der Waals surface area contributed by atoms with Crippen molar-refractivity contribution in [3.05, 3.63) is 41.5 Å². The number of amides is 1. The number of hydrogen-bond acceptors (Lipinski definition) is 6. The van der Waals surface area contributed by atoms with E-state index in [9.17, 15) is 13.2 Å². The van der Waals surface area contributed by atoms with E-state index in [0.717, 1.165) is 30.3 Å². The SMILES string of the molecule is COCC#CC#Cc1ccc(C2=CCN(CCC(C)(C(=O)NO)S(C)(=O)=O)CC2)cc1. The van der Waals surface area contributed by atoms with Crippen LogP contribution in [0, 0.1) is 23.7 Å². The quantitative estimate of drug-likeness (QED) is 0.376. The molecule has 0 aliphatic carbocycles. The number of rotatable bonds is 7. The van der Waals surface area contributed by atoms with Crippen LogP contribution in [0.1, 0.15) is 30.9 Å². The van der Waals surface area contributed by atoms with E-state index in [-0.39, 0.29) is 6.42 Å². The van der Waals surface area contributed by atoms with Gasteiger partial charge in [0, 0.05) is 38.6 Å². The normalized spacial score (nSPS) is 16.1. The van der Waals surface area contributed by atoms with E-state index in [1.165, 1.54) is 18.0 Å². The maximum atomic E-state index is 12.1. The molecule has 7 nitrogen and oxygen atoms in total. The Labute approximate surface area is 184 Å². The molecule has 2 rings (SSSR count). The number of methoxy groups -OCH3 is 1. The number of carbonyl (C=O) groups is 1. The zero-order valence-electron chi connectivity index (χ0n) is 18.1. The lowest BCUT2D eigenvalue weighted by Gasteiger charge is -2.31. The summed E-state index contributed by atoms with van der Waals surface area (Å²) in [6, 6.07) is 7.97. The van der Waals surface area contributed by atoms with Crippen molar-refractivity contribution < 1.29 is 23.2 Å². The first-order valence-corrected chi connectivity index (χ1v) is 11.7. The average Bonchev–Trinajstić information content (AvgIpc) is 2.76. The topological polar surface area (TPSA) is 95.9 Å². The first-order chi connectivity index (χ1) is 14.7. The van der Waals surface area contributed by atoms with Crippen molar-refractivity contribution in [1.29, 1.82) is 0 Å². The Bertz CT molecular complexity index is 1040. The monoisotopic (exact) mass is 444 g/mol. The molecule has 8 heteroatoms. The van der Waals surface area contributed by atoms with E-state index in [4.69, 9.17) is 9.94 Å². The molecule has 1 atom stereocenters. The number of sulfone groups is 1. The molecular formula is C23H28N2O5S. The van der Waals surface area contributed by atoms with Gasteiger partial charge < -0.3 is 4.74 Å². The highest BCUT2D eigenvalue weighted by Gasteiger charge is 2.43. The van der Waals surface area contributed by atoms with Crippen LogP contribution < -0.4 is 5.48 Å². The van der Waals surface area contributed by atoms with E-state index in [1.54, 1.807) is 7.11 Å². The second kappa shape index (κ2) is 11.1. The summed E-state index contributed by atoms with van der Waals surface area (Å²) in [4.78, 5) is 14.0. The second-order valence-corrected chi connectivity index (χ2v) is 9.98. The number of hydroxylamine groups is 1. The molecule has 1 aliphatic rings. The van der Waals surface area contributed by atoms with Gasteiger partial charge in [0.15, 0.2) is 14.6 Å². The first kappa shape index (κ1) is 24.6. The van der Waals surface area contributed by atoms with E-state index in [2.05, 4.69) is 34.7 Å². The molecule has 1 heterocycles. The summed E-state index contributed by atoms with van der Waals surface area (Å²) in [5, 5.41) is 8.93. The molecule has 0 aromatic heterocycles. The highest BCUT2D eigenvalue weighted by molar-refractivity contribution is 7.92. The molecule has 1 unspecified atom stereocenters. The van der Waals surface area contributed by atoms with Crippen LogP contribution >= 0.6 is 0 Å². The molecule has 1 amide bonds. The molecule has 0 bridgehead atoms. The third-order valence-corrected chi connectivity index (χ3v) is 7.45. The van der Waals surface area contributed by atoms with Gasteiger partial charge in [0.2, 0.25) is 0 Å². The van der Waals surface area contributed by atoms with Crippen LogP contribution in [0.3, 0.4) is 0 Å². The van der Waals surface area contributed by atoms with Gasteiger partial charge in [0.1, 0.15) is 6.61 Å². The van der Waals surface area contributed by atoms with Crippen LogP contribution in [-0.4, -0.2) is 68.8 Å². The molecule has 166 valence electrons. The summed E-state index contributed by atoms with van der Waals surface area (Å²) in [5.74, 6) is 10.4. The zero-order valence-corrected chi connectivity index (χ0v) is 18.9. The van der Waals surface area contributed by atoms with Gasteiger partial charge in [0.05, 0.1) is 0 Å². The molecule has 0 saturated carbocycles. The number of benzene rings is 1. The largest absolute Gasteiger partial charge is 0.372 e. The Morgan fingerprint density at radius 1 is 1.29 bits per heavy atom. The smallest absolute Gasteiger partial charge is 0.264 e. The molecular weight excluding hydrogens is 416 g/mol. The molecule has 31 heavy (non-hydrogen) atoms. The van der Waals surface area contributed by atoms with Crippen molar-refractivity contribution in [2.24, 2.45) is 0 Å². The number of carbonyl (C=O) groups excluding carboxylic acids is 1. The third-order valence-electron chi connectivity index (χ3n) is 5.43. The summed E-state index contributed by atoms with van der Waals surface area (Å²) in [6.45, 7) is 3.54. The van der Waals surface area contributed by atoms with Crippen molar-refractivity contribution >= 4 is 21.3 Å². The lowest BCUT2D eigenvalue weighted by atomic mass is 9.98. The fourth-order valence-corrected chi connectivity index (χ4v) is 4.00. The molecule has 0 saturated heterocycles. The second-order valence-electron chi connectivity index (χ2n) is 7.54. The predicted molar refractivity (Wildman–Crippen MR) is 120 cm³/mol. The maximum Gasteiger partial charge on any atom is 0.264 e. The minimum atomic E-state index is -3.69. The average molecular weight is 445 g/mol. The predicted octanol–water partition coefficient (Wildman–Crippen LogP) is 1.48. The molecule has 0 fully saturated rings. The Morgan fingerprint density at radius 2 is 2.00 bits per heavy atom. The number of nitrogens with zero attached hydrogens (tertiary/aromatic N) is 1. The molecule has 0 radical (unpaired) electrons. The lowest BCUT2D eigenvalue weighted by Crippen LogP contribution is -2.51. The van der Waals surface area contributed by atoms with Gasteiger partial charge in [0.25, 0.3) is 5.91 Å². The third kappa shape index (κ3) is 6.68. The number of nitrogens with one attached hydrogen (secondary N) is 1. The highest BCUT2D eigenvalue weighted by atomic mass is 32.2. The maximum absolute atomic E-state index is 12.1. The van der Waals surface area contributed by atoms with E-state index in [1.807, 2.05) is 24.3 Å². The van der Waals surface area contributed by atoms with Crippen molar-refractivity contribution in [1.82, 2.24) is 10.4 Å². The van der Waals surface area contributed by atoms with Gasteiger partial charge >= 0.3 is 0 Å². The number of hydrogen-bond donors (Lipinski definition) is 2. The Kier molecular flexibility index (Phi) is 8.85. The van der Waals surface area contributed by atoms with Crippen LogP contribution in [-0.2, 0) is 19.4 Å². The molecule has 1 aromatic rings.